The fraction of sp³-hybridized carbons (Fsp3) is 0.500. The van der Waals surface area contributed by atoms with Crippen molar-refractivity contribution < 1.29 is 9.53 Å². The Balaban J connectivity index is 1.81. The Morgan fingerprint density at radius 3 is 2.89 bits per heavy atom. The van der Waals surface area contributed by atoms with Gasteiger partial charge in [-0.15, -0.1) is 0 Å². The lowest BCUT2D eigenvalue weighted by Gasteiger charge is -2.26. The molecule has 1 fully saturated rings. The number of rotatable bonds is 4. The van der Waals surface area contributed by atoms with E-state index in [0.717, 1.165) is 44.1 Å². The summed E-state index contributed by atoms with van der Waals surface area (Å²) in [7, 11) is 0. The number of nitrogens with two attached hydrogens (primary N) is 1. The molecule has 1 amide bonds. The number of morpholine rings is 1. The minimum Gasteiger partial charge on any atom is -0.399 e. The fourth-order valence-corrected chi connectivity index (χ4v) is 2.07. The molecule has 1 heterocycles. The summed E-state index contributed by atoms with van der Waals surface area (Å²) in [5.74, 6) is 0.0280. The lowest BCUT2D eigenvalue weighted by atomic mass is 10.2. The molecule has 0 radical (unpaired) electrons. The van der Waals surface area contributed by atoms with Gasteiger partial charge in [0.25, 0.3) is 0 Å². The van der Waals surface area contributed by atoms with E-state index in [1.165, 1.54) is 0 Å². The van der Waals surface area contributed by atoms with Crippen molar-refractivity contribution in [1.29, 1.82) is 0 Å². The van der Waals surface area contributed by atoms with Crippen LogP contribution in [-0.2, 0) is 9.53 Å². The number of ether oxygens (including phenoxy) is 1. The van der Waals surface area contributed by atoms with Crippen LogP contribution in [0.25, 0.3) is 0 Å². The van der Waals surface area contributed by atoms with Crippen LogP contribution in [0.1, 0.15) is 12.0 Å². The van der Waals surface area contributed by atoms with E-state index in [-0.39, 0.29) is 5.91 Å². The van der Waals surface area contributed by atoms with Gasteiger partial charge >= 0.3 is 0 Å². The smallest absolute Gasteiger partial charge is 0.225 e. The van der Waals surface area contributed by atoms with E-state index in [4.69, 9.17) is 10.5 Å². The predicted octanol–water partition coefficient (Wildman–Crippen LogP) is 1.24. The van der Waals surface area contributed by atoms with Gasteiger partial charge in [0.1, 0.15) is 0 Å². The minimum atomic E-state index is 0.0280. The van der Waals surface area contributed by atoms with Crippen LogP contribution >= 0.6 is 0 Å². The molecule has 0 saturated carbocycles. The van der Waals surface area contributed by atoms with Crippen molar-refractivity contribution >= 4 is 17.3 Å². The molecular formula is C14H21N3O2. The van der Waals surface area contributed by atoms with Crippen LogP contribution in [0.3, 0.4) is 0 Å². The quantitative estimate of drug-likeness (QED) is 0.802. The average Bonchev–Trinajstić information content (AvgIpc) is 2.42. The molecule has 5 heteroatoms. The topological polar surface area (TPSA) is 67.6 Å². The van der Waals surface area contributed by atoms with Crippen LogP contribution in [0, 0.1) is 6.92 Å². The molecule has 5 nitrogen and oxygen atoms in total. The Hall–Kier alpha value is -1.59. The number of amides is 1. The number of hydrogen-bond acceptors (Lipinski definition) is 4. The molecule has 0 aliphatic carbocycles. The van der Waals surface area contributed by atoms with Crippen molar-refractivity contribution in [3.63, 3.8) is 0 Å². The summed E-state index contributed by atoms with van der Waals surface area (Å²) in [6.07, 6.45) is 0.494. The van der Waals surface area contributed by atoms with Gasteiger partial charge in [-0.05, 0) is 24.6 Å². The average molecular weight is 263 g/mol. The maximum Gasteiger partial charge on any atom is 0.225 e. The highest BCUT2D eigenvalue weighted by Gasteiger charge is 2.12. The van der Waals surface area contributed by atoms with Crippen molar-refractivity contribution in [2.75, 3.05) is 43.9 Å². The van der Waals surface area contributed by atoms with Crippen molar-refractivity contribution in [1.82, 2.24) is 4.90 Å². The zero-order chi connectivity index (χ0) is 13.7. The second-order valence-electron chi connectivity index (χ2n) is 4.83. The predicted molar refractivity (Wildman–Crippen MR) is 76.1 cm³/mol. The normalized spacial score (nSPS) is 16.3. The van der Waals surface area contributed by atoms with Gasteiger partial charge in [0.05, 0.1) is 13.2 Å². The number of nitrogen functional groups attached to an aromatic ring is 1. The van der Waals surface area contributed by atoms with Crippen molar-refractivity contribution in [2.45, 2.75) is 13.3 Å². The van der Waals surface area contributed by atoms with Crippen LogP contribution in [0.15, 0.2) is 18.2 Å². The highest BCUT2D eigenvalue weighted by molar-refractivity contribution is 5.92. The molecule has 1 aromatic rings. The van der Waals surface area contributed by atoms with Crippen LogP contribution in [0.5, 0.6) is 0 Å². The van der Waals surface area contributed by atoms with Crippen molar-refractivity contribution in [3.8, 4) is 0 Å². The number of carbonyl (C=O) groups excluding carboxylic acids is 1. The van der Waals surface area contributed by atoms with E-state index < -0.39 is 0 Å². The van der Waals surface area contributed by atoms with E-state index in [0.29, 0.717) is 12.1 Å². The highest BCUT2D eigenvalue weighted by Crippen LogP contribution is 2.18. The van der Waals surface area contributed by atoms with Crippen LogP contribution in [0.2, 0.25) is 0 Å². The number of benzene rings is 1. The van der Waals surface area contributed by atoms with Gasteiger partial charge in [-0.1, -0.05) is 6.07 Å². The van der Waals surface area contributed by atoms with Gasteiger partial charge in [-0.25, -0.2) is 0 Å². The third-order valence-electron chi connectivity index (χ3n) is 3.29. The van der Waals surface area contributed by atoms with Gasteiger partial charge in [0, 0.05) is 37.4 Å². The molecule has 0 unspecified atom stereocenters. The van der Waals surface area contributed by atoms with E-state index in [9.17, 15) is 4.79 Å². The summed E-state index contributed by atoms with van der Waals surface area (Å²) in [6.45, 7) is 6.06. The summed E-state index contributed by atoms with van der Waals surface area (Å²) in [4.78, 5) is 14.2. The zero-order valence-corrected chi connectivity index (χ0v) is 11.3. The first-order valence-corrected chi connectivity index (χ1v) is 6.61. The third-order valence-corrected chi connectivity index (χ3v) is 3.29. The Bertz CT molecular complexity index is 442. The Labute approximate surface area is 113 Å². The van der Waals surface area contributed by atoms with Gasteiger partial charge in [-0.3, -0.25) is 9.69 Å². The molecule has 0 bridgehead atoms. The Kier molecular flexibility index (Phi) is 4.76. The summed E-state index contributed by atoms with van der Waals surface area (Å²) in [6, 6.07) is 5.54. The number of nitrogens with one attached hydrogen (secondary N) is 1. The minimum absolute atomic E-state index is 0.0280. The summed E-state index contributed by atoms with van der Waals surface area (Å²) in [5, 5.41) is 2.91. The molecular weight excluding hydrogens is 242 g/mol. The summed E-state index contributed by atoms with van der Waals surface area (Å²) >= 11 is 0. The van der Waals surface area contributed by atoms with Gasteiger partial charge in [-0.2, -0.15) is 0 Å². The second-order valence-corrected chi connectivity index (χ2v) is 4.83. The molecule has 0 aromatic heterocycles. The summed E-state index contributed by atoms with van der Waals surface area (Å²) < 4.78 is 5.27. The van der Waals surface area contributed by atoms with Crippen molar-refractivity contribution in [3.05, 3.63) is 23.8 Å². The maximum atomic E-state index is 11.9. The maximum absolute atomic E-state index is 11.9. The van der Waals surface area contributed by atoms with E-state index in [1.54, 1.807) is 6.07 Å². The zero-order valence-electron chi connectivity index (χ0n) is 11.3. The molecule has 1 saturated heterocycles. The van der Waals surface area contributed by atoms with Crippen LogP contribution in [0.4, 0.5) is 11.4 Å². The van der Waals surface area contributed by atoms with Crippen LogP contribution < -0.4 is 11.1 Å². The molecule has 3 N–H and O–H groups in total. The molecule has 104 valence electrons. The summed E-state index contributed by atoms with van der Waals surface area (Å²) in [5.41, 5.74) is 8.20. The van der Waals surface area contributed by atoms with Gasteiger partial charge < -0.3 is 15.8 Å². The lowest BCUT2D eigenvalue weighted by Crippen LogP contribution is -2.38. The van der Waals surface area contributed by atoms with E-state index in [2.05, 4.69) is 10.2 Å². The number of aryl methyl sites for hydroxylation is 1. The molecule has 0 atom stereocenters. The Morgan fingerprint density at radius 2 is 2.16 bits per heavy atom. The SMILES string of the molecule is Cc1ccc(N)cc1NC(=O)CCN1CCOCC1. The first kappa shape index (κ1) is 13.8. The highest BCUT2D eigenvalue weighted by atomic mass is 16.5. The van der Waals surface area contributed by atoms with E-state index in [1.807, 2.05) is 19.1 Å². The first-order chi connectivity index (χ1) is 9.15. The second kappa shape index (κ2) is 6.54. The van der Waals surface area contributed by atoms with Crippen molar-refractivity contribution in [2.24, 2.45) is 0 Å². The molecule has 1 aromatic carbocycles. The monoisotopic (exact) mass is 263 g/mol. The standard InChI is InChI=1S/C14H21N3O2/c1-11-2-3-12(15)10-13(11)16-14(18)4-5-17-6-8-19-9-7-17/h2-3,10H,4-9,15H2,1H3,(H,16,18). The first-order valence-electron chi connectivity index (χ1n) is 6.61. The molecule has 0 spiro atoms. The van der Waals surface area contributed by atoms with Crippen LogP contribution in [-0.4, -0.2) is 43.7 Å². The number of anilines is 2. The number of hydrogen-bond donors (Lipinski definition) is 2. The fourth-order valence-electron chi connectivity index (χ4n) is 2.07. The molecule has 1 aliphatic rings. The van der Waals surface area contributed by atoms with E-state index >= 15 is 0 Å². The molecule has 19 heavy (non-hydrogen) atoms. The number of nitrogens with zero attached hydrogens (tertiary/aromatic N) is 1. The molecule has 1 aliphatic heterocycles. The Morgan fingerprint density at radius 1 is 1.42 bits per heavy atom. The van der Waals surface area contributed by atoms with Gasteiger partial charge in [0.2, 0.25) is 5.91 Å². The largest absolute Gasteiger partial charge is 0.399 e. The third kappa shape index (κ3) is 4.22. The van der Waals surface area contributed by atoms with Gasteiger partial charge in [0.15, 0.2) is 0 Å². The number of carbonyl (C=O) groups is 1. The lowest BCUT2D eigenvalue weighted by molar-refractivity contribution is -0.116. The molecule has 2 rings (SSSR count).